The summed E-state index contributed by atoms with van der Waals surface area (Å²) in [5, 5.41) is 23.7. The van der Waals surface area contributed by atoms with Crippen LogP contribution in [-0.4, -0.2) is 67.5 Å². The van der Waals surface area contributed by atoms with Gasteiger partial charge < -0.3 is 20.2 Å². The van der Waals surface area contributed by atoms with Gasteiger partial charge in [-0.15, -0.1) is 0 Å². The van der Waals surface area contributed by atoms with Crippen molar-refractivity contribution in [2.45, 2.75) is 19.4 Å². The highest BCUT2D eigenvalue weighted by atomic mass is 16.3. The minimum absolute atomic E-state index is 0.281. The lowest BCUT2D eigenvalue weighted by Crippen LogP contribution is -2.44. The van der Waals surface area contributed by atoms with E-state index in [2.05, 4.69) is 50.3 Å². The summed E-state index contributed by atoms with van der Waals surface area (Å²) in [4.78, 5) is 32.3. The number of likely N-dealkylation sites (N-methyl/N-ethyl adjacent to an activating group) is 1. The van der Waals surface area contributed by atoms with Gasteiger partial charge in [0.05, 0.1) is 23.0 Å². The van der Waals surface area contributed by atoms with Crippen LogP contribution in [0.5, 0.6) is 0 Å². The minimum atomic E-state index is -1.21. The highest BCUT2D eigenvalue weighted by Gasteiger charge is 2.23. The predicted octanol–water partition coefficient (Wildman–Crippen LogP) is 3.56. The maximum atomic E-state index is 13.8. The molecule has 11 heteroatoms. The number of hydrogen-bond donors (Lipinski definition) is 2. The molecule has 1 aliphatic rings. The zero-order valence-electron chi connectivity index (χ0n) is 23.7. The van der Waals surface area contributed by atoms with Crippen molar-refractivity contribution in [3.8, 4) is 17.6 Å². The first-order chi connectivity index (χ1) is 20.2. The monoisotopic (exact) mass is 561 g/mol. The lowest BCUT2D eigenvalue weighted by Gasteiger charge is -2.34. The predicted molar refractivity (Wildman–Crippen MR) is 162 cm³/mol. The van der Waals surface area contributed by atoms with Gasteiger partial charge >= 0.3 is 0 Å². The summed E-state index contributed by atoms with van der Waals surface area (Å²) in [6.07, 6.45) is 1.49. The molecule has 0 unspecified atom stereocenters. The lowest BCUT2D eigenvalue weighted by atomic mass is 10.1. The Morgan fingerprint density at radius 1 is 0.929 bits per heavy atom. The smallest absolute Gasteiger partial charge is 0.282 e. The molecule has 0 saturated carbocycles. The molecule has 0 aliphatic carbocycles. The molecule has 0 radical (unpaired) electrons. The normalized spacial score (nSPS) is 14.2. The van der Waals surface area contributed by atoms with Gasteiger partial charge in [0.15, 0.2) is 11.5 Å². The molecule has 3 aromatic heterocycles. The number of aliphatic hydroxyl groups is 1. The molecule has 6 rings (SSSR count). The molecule has 212 valence electrons. The summed E-state index contributed by atoms with van der Waals surface area (Å²) in [5.74, 6) is 0.690. The first-order valence-electron chi connectivity index (χ1n) is 13.7. The highest BCUT2D eigenvalue weighted by Crippen LogP contribution is 2.25. The van der Waals surface area contributed by atoms with Gasteiger partial charge in [0, 0.05) is 43.8 Å². The Labute approximate surface area is 242 Å². The molecule has 1 aliphatic heterocycles. The van der Waals surface area contributed by atoms with E-state index < -0.39 is 5.60 Å². The zero-order valence-corrected chi connectivity index (χ0v) is 23.7. The standard InChI is InChI=1S/C31H31N9O2/c1-31(2,42)26-8-5-9-27(35-26)40-28-25(29(41)39(40)24-7-4-6-21(18-24)19-32)20-33-30(36-28)34-22-10-12-23(13-11-22)38-16-14-37(3)15-17-38/h4-13,18,20,42H,14-17H2,1-3H3,(H,33,34,36). The van der Waals surface area contributed by atoms with Gasteiger partial charge in [-0.2, -0.15) is 10.2 Å². The zero-order chi connectivity index (χ0) is 29.4. The molecule has 0 amide bonds. The Kier molecular flexibility index (Phi) is 6.94. The Morgan fingerprint density at radius 2 is 1.67 bits per heavy atom. The van der Waals surface area contributed by atoms with Gasteiger partial charge in [-0.1, -0.05) is 12.1 Å². The van der Waals surface area contributed by atoms with E-state index in [0.29, 0.717) is 34.4 Å². The second-order valence-corrected chi connectivity index (χ2v) is 10.9. The van der Waals surface area contributed by atoms with E-state index in [1.54, 1.807) is 61.0 Å². The van der Waals surface area contributed by atoms with Crippen LogP contribution in [0.4, 0.5) is 17.3 Å². The van der Waals surface area contributed by atoms with Crippen molar-refractivity contribution in [1.82, 2.24) is 29.2 Å². The molecule has 2 N–H and O–H groups in total. The number of fused-ring (bicyclic) bond motifs is 1. The Hall–Kier alpha value is -5.05. The Bertz CT molecular complexity index is 1860. The van der Waals surface area contributed by atoms with E-state index in [-0.39, 0.29) is 10.9 Å². The van der Waals surface area contributed by atoms with Crippen molar-refractivity contribution < 1.29 is 5.11 Å². The second-order valence-electron chi connectivity index (χ2n) is 10.9. The molecule has 5 aromatic rings. The summed E-state index contributed by atoms with van der Waals surface area (Å²) < 4.78 is 3.01. The number of nitrogens with one attached hydrogen (secondary N) is 1. The number of nitrogens with zero attached hydrogens (tertiary/aromatic N) is 8. The average molecular weight is 562 g/mol. The fourth-order valence-electron chi connectivity index (χ4n) is 5.03. The van der Waals surface area contributed by atoms with Crippen LogP contribution in [0.1, 0.15) is 25.1 Å². The molecule has 0 bridgehead atoms. The quantitative estimate of drug-likeness (QED) is 0.320. The summed E-state index contributed by atoms with van der Waals surface area (Å²) >= 11 is 0. The van der Waals surface area contributed by atoms with Crippen LogP contribution in [-0.2, 0) is 5.60 Å². The van der Waals surface area contributed by atoms with E-state index >= 15 is 0 Å². The average Bonchev–Trinajstić information content (AvgIpc) is 3.29. The molecule has 1 saturated heterocycles. The van der Waals surface area contributed by atoms with Gasteiger partial charge in [-0.05, 0) is 75.5 Å². The fraction of sp³-hybridized carbons (Fsp3) is 0.258. The first kappa shape index (κ1) is 27.1. The maximum absolute atomic E-state index is 13.8. The third kappa shape index (κ3) is 5.21. The van der Waals surface area contributed by atoms with Crippen LogP contribution in [0.15, 0.2) is 77.7 Å². The van der Waals surface area contributed by atoms with E-state index in [4.69, 9.17) is 4.98 Å². The summed E-state index contributed by atoms with van der Waals surface area (Å²) in [6, 6.07) is 22.2. The third-order valence-electron chi connectivity index (χ3n) is 7.38. The van der Waals surface area contributed by atoms with Crippen LogP contribution in [0.2, 0.25) is 0 Å². The van der Waals surface area contributed by atoms with Crippen LogP contribution in [0.25, 0.3) is 22.5 Å². The topological polar surface area (TPSA) is 128 Å². The van der Waals surface area contributed by atoms with Crippen molar-refractivity contribution in [2.24, 2.45) is 0 Å². The van der Waals surface area contributed by atoms with Crippen LogP contribution < -0.4 is 15.8 Å². The molecule has 1 fully saturated rings. The second kappa shape index (κ2) is 10.7. The van der Waals surface area contributed by atoms with Crippen molar-refractivity contribution in [2.75, 3.05) is 43.4 Å². The maximum Gasteiger partial charge on any atom is 0.282 e. The summed E-state index contributed by atoms with van der Waals surface area (Å²) in [5.41, 5.74) is 2.04. The van der Waals surface area contributed by atoms with Gasteiger partial charge in [0.2, 0.25) is 5.95 Å². The molecular formula is C31H31N9O2. The largest absolute Gasteiger partial charge is 0.384 e. The number of benzene rings is 2. The molecule has 11 nitrogen and oxygen atoms in total. The number of hydrogen-bond acceptors (Lipinski definition) is 9. The Morgan fingerprint density at radius 3 is 2.38 bits per heavy atom. The first-order valence-corrected chi connectivity index (χ1v) is 13.7. The molecule has 4 heterocycles. The lowest BCUT2D eigenvalue weighted by molar-refractivity contribution is 0.0738. The molecular weight excluding hydrogens is 530 g/mol. The Balaban J connectivity index is 1.43. The summed E-state index contributed by atoms with van der Waals surface area (Å²) in [6.45, 7) is 7.33. The van der Waals surface area contributed by atoms with Gasteiger partial charge in [0.1, 0.15) is 11.0 Å². The van der Waals surface area contributed by atoms with Crippen LogP contribution in [0.3, 0.4) is 0 Å². The van der Waals surface area contributed by atoms with E-state index in [1.807, 2.05) is 12.1 Å². The van der Waals surface area contributed by atoms with Crippen molar-refractivity contribution in [3.05, 3.63) is 94.5 Å². The van der Waals surface area contributed by atoms with Crippen LogP contribution in [0, 0.1) is 11.3 Å². The van der Waals surface area contributed by atoms with Gasteiger partial charge in [0.25, 0.3) is 5.56 Å². The molecule has 42 heavy (non-hydrogen) atoms. The summed E-state index contributed by atoms with van der Waals surface area (Å²) in [7, 11) is 2.14. The molecule has 0 spiro atoms. The van der Waals surface area contributed by atoms with Gasteiger partial charge in [-0.25, -0.2) is 19.3 Å². The number of anilines is 3. The SMILES string of the molecule is CN1CCN(c2ccc(Nc3ncc4c(=O)n(-c5cccc(C#N)c5)n(-c5cccc(C(C)(C)O)n5)c4n3)cc2)CC1. The minimum Gasteiger partial charge on any atom is -0.384 e. The number of aromatic nitrogens is 5. The third-order valence-corrected chi connectivity index (χ3v) is 7.38. The highest BCUT2D eigenvalue weighted by molar-refractivity contribution is 5.78. The number of pyridine rings is 1. The number of nitriles is 1. The number of piperazine rings is 1. The van der Waals surface area contributed by atoms with Gasteiger partial charge in [-0.3, -0.25) is 4.79 Å². The molecule has 0 atom stereocenters. The van der Waals surface area contributed by atoms with E-state index in [0.717, 1.165) is 37.6 Å². The van der Waals surface area contributed by atoms with Crippen molar-refractivity contribution in [1.29, 1.82) is 5.26 Å². The number of rotatable bonds is 6. The fourth-order valence-corrected chi connectivity index (χ4v) is 5.03. The van der Waals surface area contributed by atoms with Crippen LogP contribution >= 0.6 is 0 Å². The van der Waals surface area contributed by atoms with Crippen molar-refractivity contribution in [3.63, 3.8) is 0 Å². The van der Waals surface area contributed by atoms with E-state index in [9.17, 15) is 15.2 Å². The molecule has 2 aromatic carbocycles. The van der Waals surface area contributed by atoms with Crippen molar-refractivity contribution >= 4 is 28.4 Å². The van der Waals surface area contributed by atoms with E-state index in [1.165, 1.54) is 10.9 Å².